The molecule has 0 aliphatic rings. The Balaban J connectivity index is 1.51. The average Bonchev–Trinajstić information content (AvgIpc) is 3.01. The molecular formula is C35H30O5. The normalized spacial score (nSPS) is 10.8. The highest BCUT2D eigenvalue weighted by Gasteiger charge is 2.17. The third-order valence-corrected chi connectivity index (χ3v) is 6.22. The molecule has 0 amide bonds. The van der Waals surface area contributed by atoms with Crippen LogP contribution in [0.3, 0.4) is 0 Å². The molecule has 0 atom stereocenters. The lowest BCUT2D eigenvalue weighted by atomic mass is 10.0. The topological polar surface area (TPSA) is 61.8 Å². The predicted octanol–water partition coefficient (Wildman–Crippen LogP) is 7.41. The zero-order chi connectivity index (χ0) is 28.2. The van der Waals surface area contributed by atoms with E-state index in [0.717, 1.165) is 28.7 Å². The largest absolute Gasteiger partial charge is 0.489 e. The van der Waals surface area contributed by atoms with Crippen molar-refractivity contribution < 1.29 is 23.8 Å². The van der Waals surface area contributed by atoms with Gasteiger partial charge in [-0.1, -0.05) is 85.6 Å². The van der Waals surface area contributed by atoms with Crippen LogP contribution in [0.4, 0.5) is 0 Å². The van der Waals surface area contributed by atoms with Crippen LogP contribution >= 0.6 is 0 Å². The van der Waals surface area contributed by atoms with Gasteiger partial charge in [0.1, 0.15) is 25.6 Å². The molecule has 0 spiro atoms. The van der Waals surface area contributed by atoms with Crippen LogP contribution in [-0.2, 0) is 29.3 Å². The van der Waals surface area contributed by atoms with Crippen molar-refractivity contribution >= 4 is 17.5 Å². The van der Waals surface area contributed by atoms with Crippen molar-refractivity contribution in [2.45, 2.75) is 33.2 Å². The van der Waals surface area contributed by atoms with E-state index in [2.05, 4.69) is 5.92 Å². The number of allylic oxidation sites excluding steroid dienone is 2. The molecule has 0 unspecified atom stereocenters. The number of ether oxygens (including phenoxy) is 3. The smallest absolute Gasteiger partial charge is 0.338 e. The van der Waals surface area contributed by atoms with Crippen molar-refractivity contribution in [2.75, 3.05) is 0 Å². The van der Waals surface area contributed by atoms with E-state index in [9.17, 15) is 9.59 Å². The molecule has 0 saturated carbocycles. The van der Waals surface area contributed by atoms with Gasteiger partial charge in [-0.2, -0.15) is 0 Å². The van der Waals surface area contributed by atoms with Gasteiger partial charge >= 0.3 is 11.9 Å². The lowest BCUT2D eigenvalue weighted by molar-refractivity contribution is 0.0430. The molecule has 4 rings (SSSR count). The zero-order valence-electron chi connectivity index (χ0n) is 22.3. The minimum Gasteiger partial charge on any atom is -0.489 e. The summed E-state index contributed by atoms with van der Waals surface area (Å²) in [5, 5.41) is 0. The van der Waals surface area contributed by atoms with E-state index in [1.54, 1.807) is 42.5 Å². The number of benzene rings is 4. The lowest BCUT2D eigenvalue weighted by Crippen LogP contribution is -2.12. The molecule has 5 nitrogen and oxygen atoms in total. The summed E-state index contributed by atoms with van der Waals surface area (Å²) in [7, 11) is 0. The van der Waals surface area contributed by atoms with Crippen LogP contribution in [0.5, 0.6) is 5.75 Å². The van der Waals surface area contributed by atoms with Crippen molar-refractivity contribution in [3.63, 3.8) is 0 Å². The van der Waals surface area contributed by atoms with Crippen LogP contribution in [0.1, 0.15) is 56.3 Å². The predicted molar refractivity (Wildman–Crippen MR) is 155 cm³/mol. The standard InChI is InChI=1S/C35H30O5/c1-3-12-28(4-2)30-17-11-18-32(22-30)38-24-27-19-20-31(25-40-34(36)29-15-9-6-10-16-29)33(21-27)35(37)39-23-26-13-7-5-8-14-26/h1,5-22H,4,23-25H2,2H3/b28-12+. The van der Waals surface area contributed by atoms with Crippen molar-refractivity contribution in [3.05, 3.63) is 143 Å². The molecule has 0 heterocycles. The van der Waals surface area contributed by atoms with Gasteiger partial charge in [-0.15, -0.1) is 6.42 Å². The summed E-state index contributed by atoms with van der Waals surface area (Å²) < 4.78 is 17.2. The Hall–Kier alpha value is -5.08. The Morgan fingerprint density at radius 3 is 2.15 bits per heavy atom. The summed E-state index contributed by atoms with van der Waals surface area (Å²) in [6.45, 7) is 2.33. The average molecular weight is 531 g/mol. The van der Waals surface area contributed by atoms with Crippen LogP contribution in [-0.4, -0.2) is 11.9 Å². The Morgan fingerprint density at radius 2 is 1.43 bits per heavy atom. The van der Waals surface area contributed by atoms with Gasteiger partial charge in [-0.3, -0.25) is 0 Å². The van der Waals surface area contributed by atoms with Gasteiger partial charge in [0.2, 0.25) is 0 Å². The summed E-state index contributed by atoms with van der Waals surface area (Å²) in [5.41, 5.74) is 4.98. The molecule has 0 aromatic heterocycles. The highest BCUT2D eigenvalue weighted by atomic mass is 16.5. The first-order valence-corrected chi connectivity index (χ1v) is 13.0. The Bertz CT molecular complexity index is 1510. The molecule has 0 radical (unpaired) electrons. The van der Waals surface area contributed by atoms with E-state index in [1.165, 1.54) is 0 Å². The minimum atomic E-state index is -0.509. The number of esters is 2. The van der Waals surface area contributed by atoms with E-state index in [0.29, 0.717) is 22.4 Å². The molecule has 4 aromatic rings. The number of hydrogen-bond donors (Lipinski definition) is 0. The Labute approximate surface area is 235 Å². The summed E-state index contributed by atoms with van der Waals surface area (Å²) in [6.07, 6.45) is 8.03. The molecule has 0 N–H and O–H groups in total. The number of carbonyl (C=O) groups excluding carboxylic acids is 2. The SMILES string of the molecule is C#C/C=C(\CC)c1cccc(OCc2ccc(COC(=O)c3ccccc3)c(C(=O)OCc3ccccc3)c2)c1. The van der Waals surface area contributed by atoms with E-state index in [4.69, 9.17) is 20.6 Å². The van der Waals surface area contributed by atoms with Crippen molar-refractivity contribution in [2.24, 2.45) is 0 Å². The minimum absolute atomic E-state index is 0.0754. The van der Waals surface area contributed by atoms with Gasteiger partial charge in [-0.05, 0) is 65.1 Å². The second-order valence-corrected chi connectivity index (χ2v) is 9.00. The fourth-order valence-corrected chi connectivity index (χ4v) is 4.07. The summed E-state index contributed by atoms with van der Waals surface area (Å²) in [5.74, 6) is 2.29. The number of terminal acetylenes is 1. The molecule has 0 aliphatic heterocycles. The van der Waals surface area contributed by atoms with Gasteiger partial charge in [0, 0.05) is 5.56 Å². The number of carbonyl (C=O) groups is 2. The highest BCUT2D eigenvalue weighted by Crippen LogP contribution is 2.24. The van der Waals surface area contributed by atoms with Gasteiger partial charge in [0.25, 0.3) is 0 Å². The summed E-state index contributed by atoms with van der Waals surface area (Å²) in [4.78, 5) is 25.7. The molecule has 0 bridgehead atoms. The van der Waals surface area contributed by atoms with Gasteiger partial charge in [-0.25, -0.2) is 9.59 Å². The zero-order valence-corrected chi connectivity index (χ0v) is 22.3. The van der Waals surface area contributed by atoms with E-state index >= 15 is 0 Å². The number of rotatable bonds is 11. The van der Waals surface area contributed by atoms with Crippen molar-refractivity contribution in [1.29, 1.82) is 0 Å². The first kappa shape index (κ1) is 27.9. The monoisotopic (exact) mass is 530 g/mol. The molecular weight excluding hydrogens is 500 g/mol. The maximum atomic E-state index is 13.2. The van der Waals surface area contributed by atoms with Gasteiger partial charge in [0.05, 0.1) is 11.1 Å². The van der Waals surface area contributed by atoms with Gasteiger partial charge in [0.15, 0.2) is 0 Å². The third-order valence-electron chi connectivity index (χ3n) is 6.22. The molecule has 5 heteroatoms. The van der Waals surface area contributed by atoms with E-state index in [-0.39, 0.29) is 19.8 Å². The lowest BCUT2D eigenvalue weighted by Gasteiger charge is -2.14. The first-order valence-electron chi connectivity index (χ1n) is 13.0. The van der Waals surface area contributed by atoms with E-state index < -0.39 is 11.9 Å². The molecule has 4 aromatic carbocycles. The van der Waals surface area contributed by atoms with Crippen molar-refractivity contribution in [1.82, 2.24) is 0 Å². The van der Waals surface area contributed by atoms with Crippen molar-refractivity contribution in [3.8, 4) is 18.1 Å². The fourth-order valence-electron chi connectivity index (χ4n) is 4.07. The molecule has 0 saturated heterocycles. The second-order valence-electron chi connectivity index (χ2n) is 9.00. The fraction of sp³-hybridized carbons (Fsp3) is 0.143. The number of hydrogen-bond acceptors (Lipinski definition) is 5. The van der Waals surface area contributed by atoms with Crippen LogP contribution in [0, 0.1) is 12.3 Å². The maximum absolute atomic E-state index is 13.2. The van der Waals surface area contributed by atoms with Crippen LogP contribution in [0.15, 0.2) is 109 Å². The molecule has 200 valence electrons. The Kier molecular flexibility index (Phi) is 9.90. The van der Waals surface area contributed by atoms with Gasteiger partial charge < -0.3 is 14.2 Å². The molecule has 0 fully saturated rings. The maximum Gasteiger partial charge on any atom is 0.338 e. The summed E-state index contributed by atoms with van der Waals surface area (Å²) >= 11 is 0. The molecule has 0 aliphatic carbocycles. The first-order chi connectivity index (χ1) is 19.6. The Morgan fingerprint density at radius 1 is 0.725 bits per heavy atom. The third kappa shape index (κ3) is 7.72. The van der Waals surface area contributed by atoms with Crippen LogP contribution in [0.2, 0.25) is 0 Å². The second kappa shape index (κ2) is 14.2. The van der Waals surface area contributed by atoms with Crippen LogP contribution < -0.4 is 4.74 Å². The highest BCUT2D eigenvalue weighted by molar-refractivity contribution is 5.92. The quantitative estimate of drug-likeness (QED) is 0.149. The van der Waals surface area contributed by atoms with Crippen LogP contribution in [0.25, 0.3) is 5.57 Å². The van der Waals surface area contributed by atoms with E-state index in [1.807, 2.05) is 73.7 Å². The molecule has 40 heavy (non-hydrogen) atoms. The summed E-state index contributed by atoms with van der Waals surface area (Å²) in [6, 6.07) is 31.2.